The first-order valence-electron chi connectivity index (χ1n) is 9.44. The fourth-order valence-electron chi connectivity index (χ4n) is 3.75. The number of halogens is 3. The number of benzene rings is 1. The van der Waals surface area contributed by atoms with Crippen LogP contribution in [0.15, 0.2) is 28.6 Å². The number of anilines is 1. The molecule has 1 aliphatic carbocycles. The monoisotopic (exact) mass is 463 g/mol. The highest BCUT2D eigenvalue weighted by Crippen LogP contribution is 2.33. The van der Waals surface area contributed by atoms with Crippen molar-refractivity contribution in [2.45, 2.75) is 48.4 Å². The normalized spacial score (nSPS) is 20.2. The van der Waals surface area contributed by atoms with Crippen LogP contribution in [0.25, 0.3) is 0 Å². The second-order valence-corrected chi connectivity index (χ2v) is 10.6. The van der Waals surface area contributed by atoms with E-state index in [2.05, 4.69) is 10.3 Å². The maximum Gasteiger partial charge on any atom is 0.187 e. The van der Waals surface area contributed by atoms with Crippen LogP contribution in [0.1, 0.15) is 30.7 Å². The Balaban J connectivity index is 1.81. The van der Waals surface area contributed by atoms with Gasteiger partial charge in [-0.15, -0.1) is 11.3 Å². The number of nitrogens with zero attached hydrogens (tertiary/aromatic N) is 2. The van der Waals surface area contributed by atoms with Crippen LogP contribution in [0.5, 0.6) is 0 Å². The van der Waals surface area contributed by atoms with Gasteiger partial charge in [0.1, 0.15) is 28.1 Å². The lowest BCUT2D eigenvalue weighted by atomic mass is 9.89. The molecule has 0 aliphatic heterocycles. The van der Waals surface area contributed by atoms with Gasteiger partial charge in [0.25, 0.3) is 0 Å². The summed E-state index contributed by atoms with van der Waals surface area (Å²) in [5.41, 5.74) is 0.350. The first kappa shape index (κ1) is 22.4. The summed E-state index contributed by atoms with van der Waals surface area (Å²) in [6.45, 7) is -0.0976. The van der Waals surface area contributed by atoms with Crippen molar-refractivity contribution < 1.29 is 17.2 Å². The molecule has 160 valence electrons. The molecule has 5 nitrogen and oxygen atoms in total. The Morgan fingerprint density at radius 1 is 1.34 bits per heavy atom. The van der Waals surface area contributed by atoms with E-state index in [0.29, 0.717) is 17.2 Å². The maximum absolute atomic E-state index is 14.7. The summed E-state index contributed by atoms with van der Waals surface area (Å²) >= 11 is 7.52. The van der Waals surface area contributed by atoms with E-state index >= 15 is 0 Å². The summed E-state index contributed by atoms with van der Waals surface area (Å²) in [5.74, 6) is -1.22. The molecule has 10 heteroatoms. The maximum atomic E-state index is 14.7. The van der Waals surface area contributed by atoms with Gasteiger partial charge in [-0.05, 0) is 32.0 Å². The number of hydrogen-bond donors (Lipinski definition) is 1. The minimum absolute atomic E-state index is 0.0185. The summed E-state index contributed by atoms with van der Waals surface area (Å²) in [4.78, 5) is 5.49. The summed E-state index contributed by atoms with van der Waals surface area (Å²) in [5, 5.41) is 5.46. The molecular weight excluding hydrogens is 440 g/mol. The highest BCUT2D eigenvalue weighted by Gasteiger charge is 2.29. The number of aromatic nitrogens is 1. The molecule has 1 heterocycles. The van der Waals surface area contributed by atoms with Gasteiger partial charge in [-0.25, -0.2) is 22.2 Å². The molecule has 0 spiro atoms. The summed E-state index contributed by atoms with van der Waals surface area (Å²) < 4.78 is 52.7. The molecule has 0 radical (unpaired) electrons. The van der Waals surface area contributed by atoms with Crippen LogP contribution in [0.2, 0.25) is 5.02 Å². The van der Waals surface area contributed by atoms with Crippen molar-refractivity contribution in [1.29, 1.82) is 0 Å². The molecule has 29 heavy (non-hydrogen) atoms. The van der Waals surface area contributed by atoms with Gasteiger partial charge in [0.15, 0.2) is 9.84 Å². The lowest BCUT2D eigenvalue weighted by molar-refractivity contribution is 0.166. The summed E-state index contributed by atoms with van der Waals surface area (Å²) in [6, 6.07) is 2.38. The van der Waals surface area contributed by atoms with E-state index in [1.165, 1.54) is 17.5 Å². The Kier molecular flexibility index (Phi) is 7.47. The van der Waals surface area contributed by atoms with Crippen molar-refractivity contribution in [2.75, 3.05) is 25.6 Å². The van der Waals surface area contributed by atoms with Crippen molar-refractivity contribution in [3.63, 3.8) is 0 Å². The lowest BCUT2D eigenvalue weighted by Gasteiger charge is -2.38. The third-order valence-electron chi connectivity index (χ3n) is 5.23. The van der Waals surface area contributed by atoms with Gasteiger partial charge in [0, 0.05) is 30.2 Å². The topological polar surface area (TPSA) is 62.3 Å². The summed E-state index contributed by atoms with van der Waals surface area (Å²) in [6.07, 6.45) is 5.33. The van der Waals surface area contributed by atoms with Crippen molar-refractivity contribution in [1.82, 2.24) is 9.88 Å². The average Bonchev–Trinajstić information content (AvgIpc) is 3.17. The molecule has 0 bridgehead atoms. The molecule has 1 saturated carbocycles. The van der Waals surface area contributed by atoms with E-state index in [0.717, 1.165) is 37.8 Å². The highest BCUT2D eigenvalue weighted by molar-refractivity contribution is 7.90. The second-order valence-electron chi connectivity index (χ2n) is 7.22. The van der Waals surface area contributed by atoms with Crippen molar-refractivity contribution in [3.05, 3.63) is 39.6 Å². The number of thiazole rings is 1. The quantitative estimate of drug-likeness (QED) is 0.623. The zero-order chi connectivity index (χ0) is 21.0. The molecule has 3 rings (SSSR count). The molecule has 1 aliphatic rings. The predicted octanol–water partition coefficient (Wildman–Crippen LogP) is 4.53. The van der Waals surface area contributed by atoms with E-state index in [-0.39, 0.29) is 22.9 Å². The standard InChI is InChI=1S/C19H24ClF2N3O2S2/c1-25(8-6-21)17-5-3-2-4-15(17)24-16-11-14(22)18(10-13(16)20)29(26,27)12-19-23-7-9-28-19/h7,9-11,15,17,24H,2-6,8,12H2,1H3/t15-,17-/m0/s1. The largest absolute Gasteiger partial charge is 0.379 e. The lowest BCUT2D eigenvalue weighted by Crippen LogP contribution is -2.47. The van der Waals surface area contributed by atoms with Crippen LogP contribution >= 0.6 is 22.9 Å². The zero-order valence-electron chi connectivity index (χ0n) is 16.1. The molecule has 2 atom stereocenters. The van der Waals surface area contributed by atoms with Crippen LogP contribution in [0.3, 0.4) is 0 Å². The number of hydrogen-bond acceptors (Lipinski definition) is 6. The second kappa shape index (κ2) is 9.68. The van der Waals surface area contributed by atoms with Crippen LogP contribution in [0, 0.1) is 5.82 Å². The van der Waals surface area contributed by atoms with Crippen LogP contribution in [-0.4, -0.2) is 50.7 Å². The van der Waals surface area contributed by atoms with Gasteiger partial charge in [0.2, 0.25) is 0 Å². The number of sulfone groups is 1. The van der Waals surface area contributed by atoms with E-state index in [4.69, 9.17) is 11.6 Å². The molecule has 0 amide bonds. The minimum Gasteiger partial charge on any atom is -0.379 e. The molecule has 0 unspecified atom stereocenters. The van der Waals surface area contributed by atoms with Crippen LogP contribution < -0.4 is 5.32 Å². The Hall–Kier alpha value is -1.29. The van der Waals surface area contributed by atoms with Gasteiger partial charge in [-0.3, -0.25) is 4.90 Å². The Morgan fingerprint density at radius 3 is 2.79 bits per heavy atom. The third kappa shape index (κ3) is 5.45. The zero-order valence-corrected chi connectivity index (χ0v) is 18.5. The average molecular weight is 464 g/mol. The molecular formula is C19H24ClF2N3O2S2. The molecule has 1 N–H and O–H groups in total. The van der Waals surface area contributed by atoms with E-state index in [1.54, 1.807) is 5.38 Å². The van der Waals surface area contributed by atoms with Crippen molar-refractivity contribution in [3.8, 4) is 0 Å². The number of nitrogens with one attached hydrogen (secondary N) is 1. The minimum atomic E-state index is -3.91. The third-order valence-corrected chi connectivity index (χ3v) is 8.14. The highest BCUT2D eigenvalue weighted by atomic mass is 35.5. The molecule has 1 aromatic carbocycles. The van der Waals surface area contributed by atoms with E-state index in [1.807, 2.05) is 11.9 Å². The fraction of sp³-hybridized carbons (Fsp3) is 0.526. The van der Waals surface area contributed by atoms with Gasteiger partial charge < -0.3 is 5.32 Å². The predicted molar refractivity (Wildman–Crippen MR) is 113 cm³/mol. The van der Waals surface area contributed by atoms with E-state index in [9.17, 15) is 17.2 Å². The first-order chi connectivity index (χ1) is 13.8. The Morgan fingerprint density at radius 2 is 2.10 bits per heavy atom. The Labute approximate surface area is 179 Å². The van der Waals surface area contributed by atoms with Gasteiger partial charge in [-0.1, -0.05) is 24.4 Å². The number of alkyl halides is 1. The summed E-state index contributed by atoms with van der Waals surface area (Å²) in [7, 11) is -2.03. The van der Waals surface area contributed by atoms with Crippen LogP contribution in [0.4, 0.5) is 14.5 Å². The Bertz CT molecular complexity index is 926. The smallest absolute Gasteiger partial charge is 0.187 e. The molecule has 0 saturated heterocycles. The fourth-order valence-corrected chi connectivity index (χ4v) is 6.38. The number of likely N-dealkylation sites (N-methyl/N-ethyl adjacent to an activating group) is 1. The van der Waals surface area contributed by atoms with Crippen molar-refractivity contribution >= 4 is 38.5 Å². The number of rotatable bonds is 8. The van der Waals surface area contributed by atoms with Gasteiger partial charge in [0.05, 0.1) is 10.7 Å². The first-order valence-corrected chi connectivity index (χ1v) is 12.4. The SMILES string of the molecule is CN(CCF)[C@H]1CCCC[C@@H]1Nc1cc(F)c(S(=O)(=O)Cc2nccs2)cc1Cl. The van der Waals surface area contributed by atoms with E-state index < -0.39 is 27.2 Å². The van der Waals surface area contributed by atoms with Gasteiger partial charge in [-0.2, -0.15) is 0 Å². The van der Waals surface area contributed by atoms with Crippen LogP contribution in [-0.2, 0) is 15.6 Å². The van der Waals surface area contributed by atoms with Crippen molar-refractivity contribution in [2.24, 2.45) is 0 Å². The molecule has 1 fully saturated rings. The molecule has 2 aromatic rings. The van der Waals surface area contributed by atoms with Gasteiger partial charge >= 0.3 is 0 Å². The molecule has 1 aromatic heterocycles.